The van der Waals surface area contributed by atoms with E-state index in [-0.39, 0.29) is 18.5 Å². The highest BCUT2D eigenvalue weighted by molar-refractivity contribution is 6.31. The highest BCUT2D eigenvalue weighted by Gasteiger charge is 2.33. The molecule has 2 aliphatic rings. The molecule has 2 aromatic heterocycles. The standard InChI is InChI=1S/C36H32ClN9O2/c37-30-9-5-4-8-27(30)36(32-20-46(45-44-32)26-10-11-26)42-25-14-28(24-17-39-21-40-18-24)35-29(15-25)34(23(16-38)19-41-35)43-31(12-13-33(47)48)22-6-2-1-3-7-22/h1-9,14-15,17-21,26,31,36,42,44-45H,10-13H2,(H,41,43)(H,47,48)/t31-,36?/m1/s1. The smallest absolute Gasteiger partial charge is 0.303 e. The molecule has 3 aromatic carbocycles. The molecule has 2 atom stereocenters. The van der Waals surface area contributed by atoms with Gasteiger partial charge in [0.1, 0.15) is 12.4 Å². The molecule has 1 unspecified atom stereocenters. The summed E-state index contributed by atoms with van der Waals surface area (Å²) in [4.78, 5) is 24.9. The monoisotopic (exact) mass is 657 g/mol. The van der Waals surface area contributed by atoms with Crippen LogP contribution in [0.3, 0.4) is 0 Å². The largest absolute Gasteiger partial charge is 0.481 e. The maximum absolute atomic E-state index is 11.6. The Balaban J connectivity index is 1.38. The number of nitrogens with zero attached hydrogens (tertiary/aromatic N) is 5. The second-order valence-corrected chi connectivity index (χ2v) is 12.2. The summed E-state index contributed by atoms with van der Waals surface area (Å²) < 4.78 is 0. The van der Waals surface area contributed by atoms with Crippen LogP contribution in [0.4, 0.5) is 11.4 Å². The van der Waals surface area contributed by atoms with Crippen molar-refractivity contribution >= 4 is 39.8 Å². The molecule has 11 nitrogen and oxygen atoms in total. The summed E-state index contributed by atoms with van der Waals surface area (Å²) in [6.45, 7) is 0. The van der Waals surface area contributed by atoms with Crippen LogP contribution in [0.1, 0.15) is 54.5 Å². The van der Waals surface area contributed by atoms with Crippen LogP contribution in [0.5, 0.6) is 0 Å². The Bertz CT molecular complexity index is 2030. The van der Waals surface area contributed by atoms with E-state index >= 15 is 0 Å². The van der Waals surface area contributed by atoms with E-state index in [1.54, 1.807) is 18.6 Å². The Morgan fingerprint density at radius 2 is 1.83 bits per heavy atom. The topological polar surface area (TPSA) is 151 Å². The lowest BCUT2D eigenvalue weighted by molar-refractivity contribution is -0.137. The fourth-order valence-electron chi connectivity index (χ4n) is 5.97. The van der Waals surface area contributed by atoms with Gasteiger partial charge < -0.3 is 21.2 Å². The minimum absolute atomic E-state index is 0.0512. The molecule has 48 heavy (non-hydrogen) atoms. The van der Waals surface area contributed by atoms with E-state index in [0.29, 0.717) is 39.6 Å². The molecule has 12 heteroatoms. The molecule has 3 heterocycles. The number of fused-ring (bicyclic) bond motifs is 1. The summed E-state index contributed by atoms with van der Waals surface area (Å²) in [5.41, 5.74) is 13.0. The van der Waals surface area contributed by atoms with Gasteiger partial charge in [0, 0.05) is 64.5 Å². The Kier molecular flexibility index (Phi) is 8.74. The summed E-state index contributed by atoms with van der Waals surface area (Å²) in [6, 6.07) is 23.3. The highest BCUT2D eigenvalue weighted by Crippen LogP contribution is 2.40. The summed E-state index contributed by atoms with van der Waals surface area (Å²) in [6.07, 6.45) is 11.0. The van der Waals surface area contributed by atoms with E-state index in [9.17, 15) is 15.2 Å². The lowest BCUT2D eigenvalue weighted by Gasteiger charge is -2.25. The van der Waals surface area contributed by atoms with Gasteiger partial charge in [-0.3, -0.25) is 14.8 Å². The van der Waals surface area contributed by atoms with Crippen molar-refractivity contribution < 1.29 is 9.90 Å². The summed E-state index contributed by atoms with van der Waals surface area (Å²) >= 11 is 6.79. The Morgan fingerprint density at radius 3 is 2.56 bits per heavy atom. The molecule has 0 saturated heterocycles. The number of carboxylic acids is 1. The zero-order valence-corrected chi connectivity index (χ0v) is 26.5. The number of aliphatic carboxylic acids is 1. The molecule has 0 amide bonds. The number of anilines is 2. The van der Waals surface area contributed by atoms with Crippen molar-refractivity contribution in [1.82, 2.24) is 30.9 Å². The second-order valence-electron chi connectivity index (χ2n) is 11.8. The second kappa shape index (κ2) is 13.6. The number of pyridine rings is 1. The Morgan fingerprint density at radius 1 is 1.06 bits per heavy atom. The van der Waals surface area contributed by atoms with E-state index in [2.05, 4.69) is 48.8 Å². The van der Waals surface area contributed by atoms with Crippen LogP contribution in [0.15, 0.2) is 104 Å². The van der Waals surface area contributed by atoms with Crippen LogP contribution in [0.25, 0.3) is 22.0 Å². The first-order valence-corrected chi connectivity index (χ1v) is 16.0. The van der Waals surface area contributed by atoms with Crippen LogP contribution in [0, 0.1) is 11.3 Å². The van der Waals surface area contributed by atoms with E-state index in [4.69, 9.17) is 16.6 Å². The van der Waals surface area contributed by atoms with Gasteiger partial charge in [-0.05, 0) is 48.6 Å². The number of nitriles is 1. The molecular weight excluding hydrogens is 626 g/mol. The first-order chi connectivity index (χ1) is 23.5. The minimum Gasteiger partial charge on any atom is -0.481 e. The van der Waals surface area contributed by atoms with Crippen molar-refractivity contribution in [3.05, 3.63) is 125 Å². The van der Waals surface area contributed by atoms with Crippen LogP contribution < -0.4 is 21.6 Å². The first-order valence-electron chi connectivity index (χ1n) is 15.7. The van der Waals surface area contributed by atoms with E-state index in [1.165, 1.54) is 6.33 Å². The average molecular weight is 658 g/mol. The number of hydrogen-bond donors (Lipinski definition) is 5. The lowest BCUT2D eigenvalue weighted by Crippen LogP contribution is -2.38. The number of carbonyl (C=O) groups is 1. The normalized spacial score (nSPS) is 15.2. The molecule has 5 N–H and O–H groups in total. The molecule has 1 saturated carbocycles. The molecule has 0 spiro atoms. The number of benzene rings is 3. The van der Waals surface area contributed by atoms with Gasteiger partial charge >= 0.3 is 5.97 Å². The van der Waals surface area contributed by atoms with Gasteiger partial charge in [-0.25, -0.2) is 9.97 Å². The van der Waals surface area contributed by atoms with E-state index in [0.717, 1.165) is 46.5 Å². The maximum Gasteiger partial charge on any atom is 0.303 e. The van der Waals surface area contributed by atoms with E-state index < -0.39 is 5.97 Å². The summed E-state index contributed by atoms with van der Waals surface area (Å²) in [7, 11) is 0. The van der Waals surface area contributed by atoms with Crippen molar-refractivity contribution in [2.75, 3.05) is 10.6 Å². The van der Waals surface area contributed by atoms with Crippen molar-refractivity contribution in [2.45, 2.75) is 43.8 Å². The number of hydrogen-bond acceptors (Lipinski definition) is 10. The van der Waals surface area contributed by atoms with Crippen molar-refractivity contribution in [1.29, 1.82) is 5.26 Å². The van der Waals surface area contributed by atoms with Gasteiger partial charge in [0.2, 0.25) is 0 Å². The zero-order valence-electron chi connectivity index (χ0n) is 25.8. The Labute approximate surface area is 282 Å². The average Bonchev–Trinajstić information content (AvgIpc) is 3.85. The van der Waals surface area contributed by atoms with Crippen molar-refractivity contribution in [3.63, 3.8) is 0 Å². The molecule has 7 rings (SSSR count). The van der Waals surface area contributed by atoms with Gasteiger partial charge in [-0.15, -0.1) is 5.53 Å². The highest BCUT2D eigenvalue weighted by atomic mass is 35.5. The number of halogens is 1. The lowest BCUT2D eigenvalue weighted by atomic mass is 9.97. The number of rotatable bonds is 12. The number of aromatic nitrogens is 3. The number of hydrazine groups is 2. The van der Waals surface area contributed by atoms with Crippen LogP contribution in [-0.4, -0.2) is 37.1 Å². The molecular formula is C36H32ClN9O2. The van der Waals surface area contributed by atoms with Gasteiger partial charge in [-0.1, -0.05) is 60.1 Å². The first kappa shape index (κ1) is 30.9. The summed E-state index contributed by atoms with van der Waals surface area (Å²) in [5, 5.41) is 30.5. The zero-order chi connectivity index (χ0) is 33.0. The van der Waals surface area contributed by atoms with Crippen LogP contribution in [0.2, 0.25) is 5.02 Å². The van der Waals surface area contributed by atoms with Crippen molar-refractivity contribution in [2.24, 2.45) is 0 Å². The molecule has 0 bridgehead atoms. The van der Waals surface area contributed by atoms with E-state index in [1.807, 2.05) is 66.7 Å². The summed E-state index contributed by atoms with van der Waals surface area (Å²) in [5.74, 6) is -0.897. The third-order valence-corrected chi connectivity index (χ3v) is 8.86. The maximum atomic E-state index is 11.6. The third kappa shape index (κ3) is 6.57. The Hall–Kier alpha value is -5.70. The van der Waals surface area contributed by atoms with Gasteiger partial charge in [0.15, 0.2) is 0 Å². The molecule has 1 aliphatic heterocycles. The minimum atomic E-state index is -0.897. The SMILES string of the molecule is N#Cc1cnc2c(-c3cncnc3)cc(NC(C3=CN(C4CC4)NN3)c3ccccc3Cl)cc2c1N[C@H](CCC(=O)O)c1ccccc1. The molecule has 1 fully saturated rings. The third-order valence-electron chi connectivity index (χ3n) is 8.52. The van der Waals surface area contributed by atoms with Crippen LogP contribution in [-0.2, 0) is 4.79 Å². The van der Waals surface area contributed by atoms with Gasteiger partial charge in [0.05, 0.1) is 34.5 Å². The molecule has 5 aromatic rings. The molecule has 1 aliphatic carbocycles. The molecule has 240 valence electrons. The number of nitrogens with one attached hydrogen (secondary N) is 4. The predicted octanol–water partition coefficient (Wildman–Crippen LogP) is 6.72. The van der Waals surface area contributed by atoms with Crippen LogP contribution >= 0.6 is 11.6 Å². The number of carboxylic acid groups (broad SMARTS) is 1. The quantitative estimate of drug-likeness (QED) is 0.0973. The predicted molar refractivity (Wildman–Crippen MR) is 184 cm³/mol. The fourth-order valence-corrected chi connectivity index (χ4v) is 6.22. The molecule has 0 radical (unpaired) electrons. The van der Waals surface area contributed by atoms with Gasteiger partial charge in [-0.2, -0.15) is 5.26 Å². The van der Waals surface area contributed by atoms with Crippen molar-refractivity contribution in [3.8, 4) is 17.2 Å². The van der Waals surface area contributed by atoms with Gasteiger partial charge in [0.25, 0.3) is 0 Å². The fraction of sp³-hybridized carbons (Fsp3) is 0.194.